The van der Waals surface area contributed by atoms with Crippen molar-refractivity contribution in [1.82, 2.24) is 15.0 Å². The van der Waals surface area contributed by atoms with E-state index in [0.29, 0.717) is 0 Å². The van der Waals surface area contributed by atoms with Gasteiger partial charge in [-0.3, -0.25) is 0 Å². The topological polar surface area (TPSA) is 38.7 Å². The second-order valence-corrected chi connectivity index (χ2v) is 12.6. The predicted octanol–water partition coefficient (Wildman–Crippen LogP) is 11.3. The summed E-state index contributed by atoms with van der Waals surface area (Å²) in [5, 5.41) is 14.2. The molecule has 3 aromatic carbocycles. The van der Waals surface area contributed by atoms with Crippen molar-refractivity contribution >= 4 is 66.3 Å². The van der Waals surface area contributed by atoms with Gasteiger partial charge in [0, 0.05) is 0 Å². The minimum atomic E-state index is 0. The van der Waals surface area contributed by atoms with Gasteiger partial charge in [0.2, 0.25) is 0 Å². The van der Waals surface area contributed by atoms with Crippen molar-refractivity contribution < 1.29 is 20.1 Å². The van der Waals surface area contributed by atoms with E-state index in [9.17, 15) is 0 Å². The van der Waals surface area contributed by atoms with Crippen LogP contribution in [0.25, 0.3) is 63.6 Å². The summed E-state index contributed by atoms with van der Waals surface area (Å²) in [7, 11) is 0. The van der Waals surface area contributed by atoms with Gasteiger partial charge in [0.1, 0.15) is 0 Å². The normalized spacial score (nSPS) is 10.4. The maximum Gasteiger partial charge on any atom is 3.00 e. The standard InChI is InChI=1S/3C13H8NS.Ir/c3*1-2-6-12-11(4-1)9-15-13(12)10-5-3-7-14-8-10;/h3*1-7,9H;/q3*-1;+3. The van der Waals surface area contributed by atoms with E-state index in [4.69, 9.17) is 0 Å². The van der Waals surface area contributed by atoms with Gasteiger partial charge in [-0.2, -0.15) is 34.0 Å². The van der Waals surface area contributed by atoms with Crippen molar-refractivity contribution in [1.29, 1.82) is 0 Å². The molecule has 6 aromatic heterocycles. The molecule has 0 radical (unpaired) electrons. The van der Waals surface area contributed by atoms with Gasteiger partial charge in [0.15, 0.2) is 0 Å². The quantitative estimate of drug-likeness (QED) is 0.167. The minimum absolute atomic E-state index is 0. The second kappa shape index (κ2) is 15.3. The molecule has 0 amide bonds. The zero-order valence-corrected chi connectivity index (χ0v) is 29.1. The molecule has 0 aliphatic heterocycles. The van der Waals surface area contributed by atoms with Crippen molar-refractivity contribution in [2.45, 2.75) is 0 Å². The maximum absolute atomic E-state index is 4.03. The van der Waals surface area contributed by atoms with Crippen molar-refractivity contribution in [2.24, 2.45) is 0 Å². The van der Waals surface area contributed by atoms with Gasteiger partial charge >= 0.3 is 20.1 Å². The number of pyridine rings is 3. The van der Waals surface area contributed by atoms with Crippen LogP contribution in [0.15, 0.2) is 144 Å². The van der Waals surface area contributed by atoms with Crippen LogP contribution in [0.5, 0.6) is 0 Å². The SMILES string of the molecule is [Ir+3].[c-]1ncccc1-c1scc2ccccc12.[c-]1ncccc1-c1scc2ccccc12.[c-]1ncccc1-c1scc2ccccc12. The summed E-state index contributed by atoms with van der Waals surface area (Å²) < 4.78 is 0. The van der Waals surface area contributed by atoms with Gasteiger partial charge in [-0.15, -0.1) is 53.1 Å². The Labute approximate surface area is 293 Å². The molecular formula is C39H24IrN3S3. The van der Waals surface area contributed by atoms with E-state index in [1.54, 1.807) is 52.6 Å². The largest absolute Gasteiger partial charge is 3.00 e. The van der Waals surface area contributed by atoms with Gasteiger partial charge in [0.05, 0.1) is 0 Å². The number of fused-ring (bicyclic) bond motifs is 3. The van der Waals surface area contributed by atoms with E-state index in [2.05, 4.69) is 122 Å². The Morgan fingerprint density at radius 1 is 0.370 bits per heavy atom. The molecule has 0 aliphatic rings. The van der Waals surface area contributed by atoms with E-state index < -0.39 is 0 Å². The first-order chi connectivity index (χ1) is 22.3. The third-order valence-electron chi connectivity index (χ3n) is 7.09. The first-order valence-electron chi connectivity index (χ1n) is 14.2. The van der Waals surface area contributed by atoms with Gasteiger partial charge in [-0.1, -0.05) is 91.4 Å². The van der Waals surface area contributed by atoms with Crippen molar-refractivity contribution in [3.63, 3.8) is 0 Å². The van der Waals surface area contributed by atoms with E-state index in [1.165, 1.54) is 46.9 Å². The van der Waals surface area contributed by atoms with E-state index in [-0.39, 0.29) is 20.1 Å². The predicted molar refractivity (Wildman–Crippen MR) is 192 cm³/mol. The van der Waals surface area contributed by atoms with Crippen LogP contribution in [0, 0.1) is 18.6 Å². The molecule has 222 valence electrons. The molecule has 0 saturated heterocycles. The van der Waals surface area contributed by atoms with Gasteiger partial charge < -0.3 is 15.0 Å². The molecule has 0 N–H and O–H groups in total. The summed E-state index contributed by atoms with van der Waals surface area (Å²) >= 11 is 5.23. The third-order valence-corrected chi connectivity index (χ3v) is 10.2. The van der Waals surface area contributed by atoms with Crippen LogP contribution in [-0.2, 0) is 20.1 Å². The number of benzene rings is 3. The Morgan fingerprint density at radius 2 is 0.674 bits per heavy atom. The fraction of sp³-hybridized carbons (Fsp3) is 0. The first kappa shape index (κ1) is 31.6. The Bertz CT molecular complexity index is 2020. The van der Waals surface area contributed by atoms with E-state index in [1.807, 2.05) is 36.4 Å². The number of hydrogen-bond acceptors (Lipinski definition) is 6. The maximum atomic E-state index is 4.03. The van der Waals surface area contributed by atoms with Crippen LogP contribution < -0.4 is 0 Å². The number of nitrogens with zero attached hydrogens (tertiary/aromatic N) is 3. The average Bonchev–Trinajstić information content (AvgIpc) is 3.87. The van der Waals surface area contributed by atoms with Crippen LogP contribution >= 0.6 is 34.0 Å². The molecule has 46 heavy (non-hydrogen) atoms. The van der Waals surface area contributed by atoms with Crippen LogP contribution in [0.1, 0.15) is 0 Å². The summed E-state index contributed by atoms with van der Waals surface area (Å²) in [5.41, 5.74) is 3.22. The smallest absolute Gasteiger partial charge is 0.360 e. The summed E-state index contributed by atoms with van der Waals surface area (Å²) in [5.74, 6) is 0. The molecule has 9 rings (SSSR count). The van der Waals surface area contributed by atoms with Crippen LogP contribution in [-0.4, -0.2) is 15.0 Å². The molecule has 0 bridgehead atoms. The number of rotatable bonds is 3. The second-order valence-electron chi connectivity index (χ2n) is 9.94. The summed E-state index contributed by atoms with van der Waals surface area (Å²) in [6.45, 7) is 0. The number of hydrogen-bond donors (Lipinski definition) is 0. The van der Waals surface area contributed by atoms with Crippen LogP contribution in [0.2, 0.25) is 0 Å². The number of aromatic nitrogens is 3. The first-order valence-corrected chi connectivity index (χ1v) is 16.9. The molecule has 6 heterocycles. The third kappa shape index (κ3) is 7.05. The van der Waals surface area contributed by atoms with E-state index >= 15 is 0 Å². The molecule has 0 atom stereocenters. The van der Waals surface area contributed by atoms with Crippen molar-refractivity contribution in [2.75, 3.05) is 0 Å². The fourth-order valence-electron chi connectivity index (χ4n) is 4.96. The molecular weight excluding hydrogens is 799 g/mol. The zero-order valence-electron chi connectivity index (χ0n) is 24.3. The fourth-order valence-corrected chi connectivity index (χ4v) is 7.97. The zero-order chi connectivity index (χ0) is 30.3. The molecule has 0 fully saturated rings. The van der Waals surface area contributed by atoms with Gasteiger partial charge in [-0.05, 0) is 81.7 Å². The average molecular weight is 823 g/mol. The summed E-state index contributed by atoms with van der Waals surface area (Å²) in [6, 6.07) is 37.2. The number of thiophene rings is 3. The monoisotopic (exact) mass is 823 g/mol. The van der Waals surface area contributed by atoms with Gasteiger partial charge in [-0.25, -0.2) is 0 Å². The van der Waals surface area contributed by atoms with Crippen molar-refractivity contribution in [3.8, 4) is 31.3 Å². The van der Waals surface area contributed by atoms with E-state index in [0.717, 1.165) is 16.7 Å². The summed E-state index contributed by atoms with van der Waals surface area (Å²) in [4.78, 5) is 15.8. The molecule has 9 aromatic rings. The van der Waals surface area contributed by atoms with Crippen LogP contribution in [0.4, 0.5) is 0 Å². The van der Waals surface area contributed by atoms with Crippen molar-refractivity contribution in [3.05, 3.63) is 163 Å². The Balaban J connectivity index is 0.000000120. The minimum Gasteiger partial charge on any atom is -0.360 e. The molecule has 0 unspecified atom stereocenters. The van der Waals surface area contributed by atoms with Crippen LogP contribution in [0.3, 0.4) is 0 Å². The molecule has 0 spiro atoms. The Kier molecular flexibility index (Phi) is 10.5. The Morgan fingerprint density at radius 3 is 0.957 bits per heavy atom. The van der Waals surface area contributed by atoms with Gasteiger partial charge in [0.25, 0.3) is 0 Å². The molecule has 3 nitrogen and oxygen atoms in total. The Hall–Kier alpha value is -4.36. The molecule has 0 aliphatic carbocycles. The molecule has 0 saturated carbocycles. The molecule has 7 heteroatoms. The summed E-state index contributed by atoms with van der Waals surface area (Å²) in [6.07, 6.45) is 14.3.